The standard InChI is InChI=1S/C15H19F3N2O2S/c1-2-11-5-3-4-6-12(11)20-14(22)8-7-13(21)19-9-10-23-15(16,17)18/h3-6H,2,7-10H2,1H3,(H,19,21)(H,20,22). The van der Waals surface area contributed by atoms with Gasteiger partial charge in [-0.1, -0.05) is 25.1 Å². The molecule has 1 aromatic carbocycles. The number of rotatable bonds is 8. The molecule has 8 heteroatoms. The van der Waals surface area contributed by atoms with Gasteiger partial charge in [0.25, 0.3) is 0 Å². The number of hydrogen-bond donors (Lipinski definition) is 2. The molecule has 0 fully saturated rings. The monoisotopic (exact) mass is 348 g/mol. The van der Waals surface area contributed by atoms with Gasteiger partial charge in [-0.2, -0.15) is 13.2 Å². The Labute approximate surface area is 137 Å². The van der Waals surface area contributed by atoms with E-state index in [1.165, 1.54) is 0 Å². The summed E-state index contributed by atoms with van der Waals surface area (Å²) in [6, 6.07) is 7.37. The van der Waals surface area contributed by atoms with Gasteiger partial charge in [-0.25, -0.2) is 0 Å². The minimum absolute atomic E-state index is 0.0176. The highest BCUT2D eigenvalue weighted by Crippen LogP contribution is 2.29. The lowest BCUT2D eigenvalue weighted by atomic mass is 10.1. The molecule has 2 amide bonds. The zero-order valence-electron chi connectivity index (χ0n) is 12.7. The van der Waals surface area contributed by atoms with E-state index >= 15 is 0 Å². The predicted octanol–water partition coefficient (Wildman–Crippen LogP) is 3.34. The smallest absolute Gasteiger partial charge is 0.355 e. The minimum atomic E-state index is -4.29. The van der Waals surface area contributed by atoms with E-state index in [0.29, 0.717) is 5.69 Å². The molecule has 4 nitrogen and oxygen atoms in total. The van der Waals surface area contributed by atoms with Crippen LogP contribution in [0.15, 0.2) is 24.3 Å². The number of aryl methyl sites for hydroxylation is 1. The Balaban J connectivity index is 2.26. The van der Waals surface area contributed by atoms with Gasteiger partial charge in [0.2, 0.25) is 11.8 Å². The first-order valence-corrected chi connectivity index (χ1v) is 8.15. The van der Waals surface area contributed by atoms with Gasteiger partial charge in [-0.15, -0.1) is 0 Å². The van der Waals surface area contributed by atoms with Gasteiger partial charge < -0.3 is 10.6 Å². The van der Waals surface area contributed by atoms with Crippen LogP contribution in [0.1, 0.15) is 25.3 Å². The highest BCUT2D eigenvalue weighted by atomic mass is 32.2. The van der Waals surface area contributed by atoms with Crippen LogP contribution in [0.2, 0.25) is 0 Å². The van der Waals surface area contributed by atoms with Gasteiger partial charge in [0, 0.05) is 30.8 Å². The summed E-state index contributed by atoms with van der Waals surface area (Å²) in [6.45, 7) is 1.89. The summed E-state index contributed by atoms with van der Waals surface area (Å²) in [4.78, 5) is 23.3. The zero-order chi connectivity index (χ0) is 17.3. The van der Waals surface area contributed by atoms with Crippen LogP contribution >= 0.6 is 11.8 Å². The molecule has 0 spiro atoms. The average molecular weight is 348 g/mol. The van der Waals surface area contributed by atoms with Crippen LogP contribution in [-0.2, 0) is 16.0 Å². The number of nitrogens with one attached hydrogen (secondary N) is 2. The molecule has 0 atom stereocenters. The molecule has 2 N–H and O–H groups in total. The maximum Gasteiger partial charge on any atom is 0.441 e. The van der Waals surface area contributed by atoms with Crippen LogP contribution in [0.3, 0.4) is 0 Å². The predicted molar refractivity (Wildman–Crippen MR) is 85.2 cm³/mol. The van der Waals surface area contributed by atoms with E-state index in [0.717, 1.165) is 12.0 Å². The number of thioether (sulfide) groups is 1. The number of carbonyl (C=O) groups is 2. The fraction of sp³-hybridized carbons (Fsp3) is 0.467. The molecule has 0 unspecified atom stereocenters. The normalized spacial score (nSPS) is 11.1. The molecule has 0 radical (unpaired) electrons. The van der Waals surface area contributed by atoms with Crippen LogP contribution in [0.4, 0.5) is 18.9 Å². The summed E-state index contributed by atoms with van der Waals surface area (Å²) in [5.74, 6) is -0.983. The second kappa shape index (κ2) is 9.44. The van der Waals surface area contributed by atoms with Crippen molar-refractivity contribution in [3.05, 3.63) is 29.8 Å². The molecule has 0 aromatic heterocycles. The number of anilines is 1. The fourth-order valence-corrected chi connectivity index (χ4v) is 2.27. The third kappa shape index (κ3) is 8.49. The molecule has 0 heterocycles. The summed E-state index contributed by atoms with van der Waals surface area (Å²) in [5, 5.41) is 5.09. The second-order valence-electron chi connectivity index (χ2n) is 4.70. The third-order valence-electron chi connectivity index (χ3n) is 2.94. The quantitative estimate of drug-likeness (QED) is 0.709. The summed E-state index contributed by atoms with van der Waals surface area (Å²) in [6.07, 6.45) is 0.695. The van der Waals surface area contributed by atoms with Gasteiger partial charge in [-0.05, 0) is 29.8 Å². The Morgan fingerprint density at radius 2 is 1.78 bits per heavy atom. The number of alkyl halides is 3. The van der Waals surface area contributed by atoms with E-state index in [-0.39, 0.29) is 42.8 Å². The van der Waals surface area contributed by atoms with Crippen molar-refractivity contribution in [1.29, 1.82) is 0 Å². The van der Waals surface area contributed by atoms with Crippen LogP contribution in [0.5, 0.6) is 0 Å². The van der Waals surface area contributed by atoms with Crippen molar-refractivity contribution in [3.8, 4) is 0 Å². The van der Waals surface area contributed by atoms with Crippen molar-refractivity contribution in [2.75, 3.05) is 17.6 Å². The fourth-order valence-electron chi connectivity index (χ4n) is 1.84. The van der Waals surface area contributed by atoms with Crippen molar-refractivity contribution in [1.82, 2.24) is 5.32 Å². The number of carbonyl (C=O) groups excluding carboxylic acids is 2. The van der Waals surface area contributed by atoms with Crippen molar-refractivity contribution in [3.63, 3.8) is 0 Å². The highest BCUT2D eigenvalue weighted by molar-refractivity contribution is 8.00. The van der Waals surface area contributed by atoms with E-state index < -0.39 is 11.4 Å². The highest BCUT2D eigenvalue weighted by Gasteiger charge is 2.27. The van der Waals surface area contributed by atoms with Gasteiger partial charge in [0.1, 0.15) is 0 Å². The van der Waals surface area contributed by atoms with Crippen molar-refractivity contribution >= 4 is 29.3 Å². The third-order valence-corrected chi connectivity index (χ3v) is 3.68. The molecule has 23 heavy (non-hydrogen) atoms. The van der Waals surface area contributed by atoms with Crippen LogP contribution < -0.4 is 10.6 Å². The Morgan fingerprint density at radius 1 is 1.13 bits per heavy atom. The number of benzene rings is 1. The molecule has 0 aliphatic rings. The minimum Gasteiger partial charge on any atom is -0.355 e. The van der Waals surface area contributed by atoms with Crippen LogP contribution in [0, 0.1) is 0 Å². The molecule has 1 rings (SSSR count). The average Bonchev–Trinajstić information content (AvgIpc) is 2.49. The summed E-state index contributed by atoms with van der Waals surface area (Å²) in [7, 11) is 0. The first kappa shape index (κ1) is 19.3. The number of halogens is 3. The first-order chi connectivity index (χ1) is 10.8. The van der Waals surface area contributed by atoms with Crippen LogP contribution in [-0.4, -0.2) is 29.6 Å². The summed E-state index contributed by atoms with van der Waals surface area (Å²) in [5.41, 5.74) is -2.59. The van der Waals surface area contributed by atoms with E-state index in [1.54, 1.807) is 12.1 Å². The Hall–Kier alpha value is -1.70. The molecule has 0 saturated carbocycles. The SMILES string of the molecule is CCc1ccccc1NC(=O)CCC(=O)NCCSC(F)(F)F. The molecule has 0 aliphatic carbocycles. The van der Waals surface area contributed by atoms with Gasteiger partial charge in [-0.3, -0.25) is 9.59 Å². The van der Waals surface area contributed by atoms with Crippen molar-refractivity contribution in [2.45, 2.75) is 31.7 Å². The maximum atomic E-state index is 11.9. The Morgan fingerprint density at radius 3 is 2.43 bits per heavy atom. The molecule has 128 valence electrons. The van der Waals surface area contributed by atoms with E-state index in [2.05, 4.69) is 10.6 Å². The van der Waals surface area contributed by atoms with Gasteiger partial charge >= 0.3 is 5.51 Å². The summed E-state index contributed by atoms with van der Waals surface area (Å²) >= 11 is -0.188. The van der Waals surface area contributed by atoms with E-state index in [1.807, 2.05) is 19.1 Å². The Bertz CT molecular complexity index is 536. The Kier molecular flexibility index (Phi) is 7.94. The number of hydrogen-bond acceptors (Lipinski definition) is 3. The summed E-state index contributed by atoms with van der Waals surface area (Å²) < 4.78 is 35.7. The lowest BCUT2D eigenvalue weighted by Gasteiger charge is -2.10. The van der Waals surface area contributed by atoms with E-state index in [9.17, 15) is 22.8 Å². The van der Waals surface area contributed by atoms with Crippen molar-refractivity contribution < 1.29 is 22.8 Å². The lowest BCUT2D eigenvalue weighted by Crippen LogP contribution is -2.27. The topological polar surface area (TPSA) is 58.2 Å². The second-order valence-corrected chi connectivity index (χ2v) is 5.86. The first-order valence-electron chi connectivity index (χ1n) is 7.17. The molecule has 0 aliphatic heterocycles. The number of para-hydroxylation sites is 1. The van der Waals surface area contributed by atoms with Gasteiger partial charge in [0.05, 0.1) is 0 Å². The van der Waals surface area contributed by atoms with E-state index in [4.69, 9.17) is 0 Å². The lowest BCUT2D eigenvalue weighted by molar-refractivity contribution is -0.124. The largest absolute Gasteiger partial charge is 0.441 e. The molecule has 0 bridgehead atoms. The van der Waals surface area contributed by atoms with Gasteiger partial charge in [0.15, 0.2) is 0 Å². The van der Waals surface area contributed by atoms with Crippen molar-refractivity contribution in [2.24, 2.45) is 0 Å². The maximum absolute atomic E-state index is 11.9. The molecular weight excluding hydrogens is 329 g/mol. The zero-order valence-corrected chi connectivity index (χ0v) is 13.5. The molecule has 0 saturated heterocycles. The number of amides is 2. The van der Waals surface area contributed by atoms with Crippen LogP contribution in [0.25, 0.3) is 0 Å². The molecular formula is C15H19F3N2O2S. The molecule has 1 aromatic rings.